The first-order valence-electron chi connectivity index (χ1n) is 9.18. The van der Waals surface area contributed by atoms with Crippen LogP contribution in [-0.4, -0.2) is 34.8 Å². The Bertz CT molecular complexity index is 971. The highest BCUT2D eigenvalue weighted by Crippen LogP contribution is 2.19. The quantitative estimate of drug-likeness (QED) is 0.509. The number of nitrogens with zero attached hydrogens (tertiary/aromatic N) is 2. The van der Waals surface area contributed by atoms with Crippen LogP contribution in [0.5, 0.6) is 0 Å². The van der Waals surface area contributed by atoms with Crippen molar-refractivity contribution in [3.63, 3.8) is 0 Å². The zero-order valence-corrected chi connectivity index (χ0v) is 17.6. The van der Waals surface area contributed by atoms with Crippen molar-refractivity contribution in [3.8, 4) is 5.69 Å². The summed E-state index contributed by atoms with van der Waals surface area (Å²) in [6, 6.07) is 15.1. The third kappa shape index (κ3) is 6.18. The number of aromatic nitrogens is 2. The summed E-state index contributed by atoms with van der Waals surface area (Å²) in [6.45, 7) is 2.28. The van der Waals surface area contributed by atoms with Gasteiger partial charge >= 0.3 is 6.03 Å². The van der Waals surface area contributed by atoms with Crippen molar-refractivity contribution in [2.45, 2.75) is 13.3 Å². The fraction of sp³-hybridized carbons (Fsp3) is 0.190. The van der Waals surface area contributed by atoms with E-state index >= 15 is 0 Å². The minimum atomic E-state index is -0.374. The molecule has 1 aromatic heterocycles. The van der Waals surface area contributed by atoms with Gasteiger partial charge in [0.05, 0.1) is 12.2 Å². The Morgan fingerprint density at radius 1 is 1.10 bits per heavy atom. The zero-order chi connectivity index (χ0) is 20.6. The predicted molar refractivity (Wildman–Crippen MR) is 116 cm³/mol. The first-order chi connectivity index (χ1) is 14.0. The number of anilines is 1. The van der Waals surface area contributed by atoms with Gasteiger partial charge in [-0.15, -0.1) is 0 Å². The van der Waals surface area contributed by atoms with Gasteiger partial charge in [0.1, 0.15) is 0 Å². The van der Waals surface area contributed by atoms with E-state index in [2.05, 4.69) is 37.0 Å². The highest BCUT2D eigenvalue weighted by Gasteiger charge is 2.07. The molecule has 0 unspecified atom stereocenters. The summed E-state index contributed by atoms with van der Waals surface area (Å²) < 4.78 is 2.73. The number of hydrogen-bond acceptors (Lipinski definition) is 3. The molecule has 3 rings (SSSR count). The molecule has 0 bridgehead atoms. The molecule has 3 amide bonds. The van der Waals surface area contributed by atoms with E-state index in [1.807, 2.05) is 61.7 Å². The molecule has 150 valence electrons. The molecular weight excluding hydrogens is 434 g/mol. The third-order valence-corrected chi connectivity index (χ3v) is 4.77. The maximum Gasteiger partial charge on any atom is 0.315 e. The summed E-state index contributed by atoms with van der Waals surface area (Å²) in [6.07, 6.45) is 4.31. The standard InChI is InChI=1S/C21H22BrN5O2/c1-15-13-17(22)5-8-19(15)26-20(28)14-24-21(29)23-11-9-16-3-6-18(7-4-16)27-12-2-10-25-27/h2-8,10,12-13H,9,11,14H2,1H3,(H,26,28)(H2,23,24,29). The SMILES string of the molecule is Cc1cc(Br)ccc1NC(=O)CNC(=O)NCCc1ccc(-n2cccn2)cc1. The predicted octanol–water partition coefficient (Wildman–Crippen LogP) is 3.42. The van der Waals surface area contributed by atoms with E-state index in [1.54, 1.807) is 10.9 Å². The third-order valence-electron chi connectivity index (χ3n) is 4.28. The van der Waals surface area contributed by atoms with Crippen molar-refractivity contribution in [1.82, 2.24) is 20.4 Å². The van der Waals surface area contributed by atoms with Gasteiger partial charge in [0.15, 0.2) is 0 Å². The topological polar surface area (TPSA) is 88.0 Å². The molecule has 0 fully saturated rings. The fourth-order valence-electron chi connectivity index (χ4n) is 2.74. The van der Waals surface area contributed by atoms with E-state index in [4.69, 9.17) is 0 Å². The number of carbonyl (C=O) groups excluding carboxylic acids is 2. The monoisotopic (exact) mass is 455 g/mol. The summed E-state index contributed by atoms with van der Waals surface area (Å²) in [5, 5.41) is 12.3. The molecule has 3 aromatic rings. The molecule has 29 heavy (non-hydrogen) atoms. The molecule has 0 atom stereocenters. The average molecular weight is 456 g/mol. The molecular formula is C21H22BrN5O2. The average Bonchev–Trinajstić information content (AvgIpc) is 3.24. The van der Waals surface area contributed by atoms with Crippen LogP contribution < -0.4 is 16.0 Å². The molecule has 1 heterocycles. The van der Waals surface area contributed by atoms with Crippen molar-refractivity contribution in [3.05, 3.63) is 76.5 Å². The number of amides is 3. The van der Waals surface area contributed by atoms with E-state index in [0.717, 1.165) is 27.0 Å². The lowest BCUT2D eigenvalue weighted by molar-refractivity contribution is -0.115. The van der Waals surface area contributed by atoms with Crippen LogP contribution in [0.2, 0.25) is 0 Å². The molecule has 0 saturated carbocycles. The minimum absolute atomic E-state index is 0.0973. The van der Waals surface area contributed by atoms with Gasteiger partial charge in [-0.05, 0) is 60.9 Å². The normalized spacial score (nSPS) is 10.4. The lowest BCUT2D eigenvalue weighted by Crippen LogP contribution is -2.40. The van der Waals surface area contributed by atoms with Crippen molar-refractivity contribution in [2.75, 3.05) is 18.4 Å². The summed E-state index contributed by atoms with van der Waals surface area (Å²) >= 11 is 3.38. The van der Waals surface area contributed by atoms with Gasteiger partial charge in [0.2, 0.25) is 5.91 Å². The van der Waals surface area contributed by atoms with Gasteiger partial charge in [-0.3, -0.25) is 4.79 Å². The number of halogens is 1. The Morgan fingerprint density at radius 2 is 1.90 bits per heavy atom. The van der Waals surface area contributed by atoms with E-state index in [-0.39, 0.29) is 18.5 Å². The largest absolute Gasteiger partial charge is 0.338 e. The van der Waals surface area contributed by atoms with Gasteiger partial charge in [0, 0.05) is 29.1 Å². The lowest BCUT2D eigenvalue weighted by atomic mass is 10.1. The number of urea groups is 1. The molecule has 2 aromatic carbocycles. The van der Waals surface area contributed by atoms with Crippen molar-refractivity contribution in [2.24, 2.45) is 0 Å². The van der Waals surface area contributed by atoms with Crippen LogP contribution in [0.1, 0.15) is 11.1 Å². The van der Waals surface area contributed by atoms with Crippen LogP contribution in [0.25, 0.3) is 5.69 Å². The van der Waals surface area contributed by atoms with Gasteiger partial charge in [0.25, 0.3) is 0 Å². The summed E-state index contributed by atoms with van der Waals surface area (Å²) in [7, 11) is 0. The van der Waals surface area contributed by atoms with Gasteiger partial charge in [-0.1, -0.05) is 28.1 Å². The molecule has 0 radical (unpaired) electrons. The number of benzene rings is 2. The molecule has 7 nitrogen and oxygen atoms in total. The Kier molecular flexibility index (Phi) is 7.02. The highest BCUT2D eigenvalue weighted by atomic mass is 79.9. The number of aryl methyl sites for hydroxylation is 1. The van der Waals surface area contributed by atoms with E-state index in [9.17, 15) is 9.59 Å². The molecule has 0 saturated heterocycles. The molecule has 3 N–H and O–H groups in total. The lowest BCUT2D eigenvalue weighted by Gasteiger charge is -2.10. The molecule has 8 heteroatoms. The van der Waals surface area contributed by atoms with E-state index in [0.29, 0.717) is 13.0 Å². The van der Waals surface area contributed by atoms with Crippen molar-refractivity contribution < 1.29 is 9.59 Å². The van der Waals surface area contributed by atoms with Crippen molar-refractivity contribution in [1.29, 1.82) is 0 Å². The molecule has 0 spiro atoms. The first kappa shape index (κ1) is 20.6. The van der Waals surface area contributed by atoms with Crippen LogP contribution >= 0.6 is 15.9 Å². The van der Waals surface area contributed by atoms with E-state index < -0.39 is 0 Å². The summed E-state index contributed by atoms with van der Waals surface area (Å²) in [4.78, 5) is 23.9. The summed E-state index contributed by atoms with van der Waals surface area (Å²) in [5.41, 5.74) is 3.75. The number of hydrogen-bond donors (Lipinski definition) is 3. The number of carbonyl (C=O) groups is 2. The molecule has 0 aliphatic rings. The van der Waals surface area contributed by atoms with Crippen LogP contribution in [0.3, 0.4) is 0 Å². The van der Waals surface area contributed by atoms with E-state index in [1.165, 1.54) is 0 Å². The smallest absolute Gasteiger partial charge is 0.315 e. The maximum atomic E-state index is 12.0. The van der Waals surface area contributed by atoms with Crippen LogP contribution in [0.15, 0.2) is 65.4 Å². The highest BCUT2D eigenvalue weighted by molar-refractivity contribution is 9.10. The van der Waals surface area contributed by atoms with Crippen LogP contribution in [0.4, 0.5) is 10.5 Å². The molecule has 0 aliphatic heterocycles. The molecule has 0 aliphatic carbocycles. The zero-order valence-electron chi connectivity index (χ0n) is 16.0. The Hall–Kier alpha value is -3.13. The second-order valence-electron chi connectivity index (χ2n) is 6.48. The Balaban J connectivity index is 1.37. The number of nitrogens with one attached hydrogen (secondary N) is 3. The second-order valence-corrected chi connectivity index (χ2v) is 7.40. The van der Waals surface area contributed by atoms with Crippen LogP contribution in [0, 0.1) is 6.92 Å². The Morgan fingerprint density at radius 3 is 2.59 bits per heavy atom. The summed E-state index contributed by atoms with van der Waals surface area (Å²) in [5.74, 6) is -0.278. The second kappa shape index (κ2) is 9.88. The van der Waals surface area contributed by atoms with Gasteiger partial charge in [-0.2, -0.15) is 5.10 Å². The fourth-order valence-corrected chi connectivity index (χ4v) is 3.22. The minimum Gasteiger partial charge on any atom is -0.338 e. The van der Waals surface area contributed by atoms with Gasteiger partial charge in [-0.25, -0.2) is 9.48 Å². The van der Waals surface area contributed by atoms with Crippen molar-refractivity contribution >= 4 is 33.6 Å². The number of rotatable bonds is 7. The van der Waals surface area contributed by atoms with Crippen LogP contribution in [-0.2, 0) is 11.2 Å². The first-order valence-corrected chi connectivity index (χ1v) is 9.97. The maximum absolute atomic E-state index is 12.0. The van der Waals surface area contributed by atoms with Gasteiger partial charge < -0.3 is 16.0 Å². The Labute approximate surface area is 177 Å².